The Balaban J connectivity index is 1.83. The van der Waals surface area contributed by atoms with Gasteiger partial charge >= 0.3 is 0 Å². The van der Waals surface area contributed by atoms with Crippen LogP contribution in [0.1, 0.15) is 45.3 Å². The van der Waals surface area contributed by atoms with E-state index in [0.717, 1.165) is 25.7 Å². The van der Waals surface area contributed by atoms with Crippen molar-refractivity contribution in [2.24, 2.45) is 5.73 Å². The molecule has 0 radical (unpaired) electrons. The molecule has 2 aromatic heterocycles. The van der Waals surface area contributed by atoms with E-state index in [1.165, 1.54) is 0 Å². The highest BCUT2D eigenvalue weighted by Crippen LogP contribution is 2.32. The van der Waals surface area contributed by atoms with Crippen LogP contribution in [0.3, 0.4) is 0 Å². The Hall–Kier alpha value is -1.52. The van der Waals surface area contributed by atoms with E-state index >= 15 is 0 Å². The predicted octanol–water partition coefficient (Wildman–Crippen LogP) is 1.40. The van der Waals surface area contributed by atoms with E-state index < -0.39 is 18.4 Å². The van der Waals surface area contributed by atoms with Crippen LogP contribution in [0.5, 0.6) is 0 Å². The summed E-state index contributed by atoms with van der Waals surface area (Å²) in [7, 11) is 0. The lowest BCUT2D eigenvalue weighted by atomic mass is 10.2. The molecule has 2 unspecified atom stereocenters. The standard InChI is InChI=1S/C16H25ClN6O3/c1-2-3-4-5-11(18)20-14-13-15(22-16(17)21-14)23(8-19-13)12-6-9(25)10(7-24)26-12/h8-12,24-25H,2-7,18H2,1H3,(H,20,21,22)/t9?,10-,11?,12-/m1/s1. The Bertz CT molecular complexity index is 742. The van der Waals surface area contributed by atoms with Crippen molar-refractivity contribution < 1.29 is 14.9 Å². The molecular formula is C16H25ClN6O3. The summed E-state index contributed by atoms with van der Waals surface area (Å²) in [4.78, 5) is 12.8. The van der Waals surface area contributed by atoms with Crippen LogP contribution in [0.4, 0.5) is 5.82 Å². The SMILES string of the molecule is CCCCCC(N)Nc1nc(Cl)nc2c1ncn2[C@H]1CC(O)[C@@H](CO)O1. The normalized spacial score (nSPS) is 24.3. The number of nitrogens with zero attached hydrogens (tertiary/aromatic N) is 4. The predicted molar refractivity (Wildman–Crippen MR) is 97.7 cm³/mol. The number of ether oxygens (including phenoxy) is 1. The number of nitrogens with one attached hydrogen (secondary N) is 1. The molecular weight excluding hydrogens is 360 g/mol. The van der Waals surface area contributed by atoms with Gasteiger partial charge in [-0.25, -0.2) is 4.98 Å². The third-order valence-electron chi connectivity index (χ3n) is 4.53. The first-order valence-electron chi connectivity index (χ1n) is 8.90. The fourth-order valence-corrected chi connectivity index (χ4v) is 3.28. The molecule has 1 aliphatic heterocycles. The van der Waals surface area contributed by atoms with E-state index in [9.17, 15) is 10.2 Å². The van der Waals surface area contributed by atoms with Crippen molar-refractivity contribution in [3.05, 3.63) is 11.6 Å². The summed E-state index contributed by atoms with van der Waals surface area (Å²) in [6.45, 7) is 1.89. The minimum atomic E-state index is -0.746. The van der Waals surface area contributed by atoms with Gasteiger partial charge in [-0.15, -0.1) is 0 Å². The van der Waals surface area contributed by atoms with E-state index in [4.69, 9.17) is 22.1 Å². The van der Waals surface area contributed by atoms with Crippen LogP contribution in [-0.4, -0.2) is 54.7 Å². The molecule has 0 spiro atoms. The maximum absolute atomic E-state index is 9.95. The molecule has 0 saturated carbocycles. The summed E-state index contributed by atoms with van der Waals surface area (Å²) in [5.41, 5.74) is 7.16. The largest absolute Gasteiger partial charge is 0.394 e. The molecule has 1 aliphatic rings. The second-order valence-electron chi connectivity index (χ2n) is 6.53. The Labute approximate surface area is 156 Å². The molecule has 1 fully saturated rings. The maximum Gasteiger partial charge on any atom is 0.226 e. The molecule has 3 rings (SSSR count). The number of aromatic nitrogens is 4. The van der Waals surface area contributed by atoms with Gasteiger partial charge in [0.25, 0.3) is 0 Å². The van der Waals surface area contributed by atoms with E-state index in [2.05, 4.69) is 27.2 Å². The third kappa shape index (κ3) is 4.07. The smallest absolute Gasteiger partial charge is 0.226 e. The number of imidazole rings is 1. The van der Waals surface area contributed by atoms with E-state index in [1.807, 2.05) is 0 Å². The Morgan fingerprint density at radius 2 is 2.27 bits per heavy atom. The first kappa shape index (κ1) is 19.2. The lowest BCUT2D eigenvalue weighted by Gasteiger charge is -2.16. The van der Waals surface area contributed by atoms with Gasteiger partial charge in [0, 0.05) is 6.42 Å². The molecule has 0 bridgehead atoms. The average Bonchev–Trinajstić information content (AvgIpc) is 3.18. The number of rotatable bonds is 8. The number of anilines is 1. The van der Waals surface area contributed by atoms with Crippen LogP contribution >= 0.6 is 11.6 Å². The summed E-state index contributed by atoms with van der Waals surface area (Å²) in [6.07, 6.45) is 3.88. The van der Waals surface area contributed by atoms with Crippen molar-refractivity contribution >= 4 is 28.6 Å². The van der Waals surface area contributed by atoms with Crippen molar-refractivity contribution in [1.82, 2.24) is 19.5 Å². The number of aliphatic hydroxyl groups is 2. The fourth-order valence-electron chi connectivity index (χ4n) is 3.11. The van der Waals surface area contributed by atoms with E-state index in [0.29, 0.717) is 23.4 Å². The van der Waals surface area contributed by atoms with E-state index in [-0.39, 0.29) is 18.1 Å². The fraction of sp³-hybridized carbons (Fsp3) is 0.688. The zero-order chi connectivity index (χ0) is 18.7. The van der Waals surface area contributed by atoms with Gasteiger partial charge in [0.1, 0.15) is 12.3 Å². The second-order valence-corrected chi connectivity index (χ2v) is 6.86. The molecule has 0 aliphatic carbocycles. The van der Waals surface area contributed by atoms with Gasteiger partial charge in [-0.05, 0) is 18.0 Å². The Kier molecular flexibility index (Phi) is 6.25. The second kappa shape index (κ2) is 8.45. The first-order valence-corrected chi connectivity index (χ1v) is 9.27. The quantitative estimate of drug-likeness (QED) is 0.305. The van der Waals surface area contributed by atoms with Gasteiger partial charge in [0.05, 0.1) is 25.2 Å². The highest BCUT2D eigenvalue weighted by molar-refractivity contribution is 6.28. The minimum Gasteiger partial charge on any atom is -0.394 e. The molecule has 2 aromatic rings. The zero-order valence-electron chi connectivity index (χ0n) is 14.7. The minimum absolute atomic E-state index is 0.0692. The number of fused-ring (bicyclic) bond motifs is 1. The molecule has 0 aromatic carbocycles. The van der Waals surface area contributed by atoms with E-state index in [1.54, 1.807) is 10.9 Å². The van der Waals surface area contributed by atoms with Crippen LogP contribution in [0.2, 0.25) is 5.28 Å². The van der Waals surface area contributed by atoms with Gasteiger partial charge in [-0.2, -0.15) is 9.97 Å². The highest BCUT2D eigenvalue weighted by atomic mass is 35.5. The van der Waals surface area contributed by atoms with Crippen LogP contribution in [0.25, 0.3) is 11.2 Å². The van der Waals surface area contributed by atoms with Crippen LogP contribution in [0.15, 0.2) is 6.33 Å². The van der Waals surface area contributed by atoms with Crippen molar-refractivity contribution in [3.8, 4) is 0 Å². The van der Waals surface area contributed by atoms with Crippen molar-refractivity contribution in [2.45, 2.75) is 63.6 Å². The molecule has 10 heteroatoms. The highest BCUT2D eigenvalue weighted by Gasteiger charge is 2.35. The van der Waals surface area contributed by atoms with Crippen LogP contribution in [0, 0.1) is 0 Å². The average molecular weight is 385 g/mol. The topological polar surface area (TPSA) is 131 Å². The molecule has 3 heterocycles. The monoisotopic (exact) mass is 384 g/mol. The lowest BCUT2D eigenvalue weighted by Crippen LogP contribution is -2.30. The molecule has 26 heavy (non-hydrogen) atoms. The summed E-state index contributed by atoms with van der Waals surface area (Å²) in [5.74, 6) is 0.472. The number of nitrogens with two attached hydrogens (primary N) is 1. The van der Waals surface area contributed by atoms with Gasteiger partial charge in [-0.3, -0.25) is 4.57 Å². The molecule has 1 saturated heterocycles. The van der Waals surface area contributed by atoms with Crippen molar-refractivity contribution in [1.29, 1.82) is 0 Å². The van der Waals surface area contributed by atoms with Crippen LogP contribution < -0.4 is 11.1 Å². The molecule has 4 atom stereocenters. The first-order chi connectivity index (χ1) is 12.5. The molecule has 5 N–H and O–H groups in total. The summed E-state index contributed by atoms with van der Waals surface area (Å²) in [6, 6.07) is 0. The summed E-state index contributed by atoms with van der Waals surface area (Å²) >= 11 is 6.08. The maximum atomic E-state index is 9.95. The number of unbranched alkanes of at least 4 members (excludes halogenated alkanes) is 2. The molecule has 0 amide bonds. The van der Waals surface area contributed by atoms with Crippen LogP contribution in [-0.2, 0) is 4.74 Å². The molecule has 144 valence electrons. The van der Waals surface area contributed by atoms with Gasteiger partial charge in [0.15, 0.2) is 17.0 Å². The van der Waals surface area contributed by atoms with Crippen molar-refractivity contribution in [3.63, 3.8) is 0 Å². The molecule has 9 nitrogen and oxygen atoms in total. The Morgan fingerprint density at radius 1 is 1.46 bits per heavy atom. The number of hydrogen-bond acceptors (Lipinski definition) is 8. The summed E-state index contributed by atoms with van der Waals surface area (Å²) in [5, 5.41) is 22.4. The van der Waals surface area contributed by atoms with Gasteiger partial charge < -0.3 is 26.0 Å². The zero-order valence-corrected chi connectivity index (χ0v) is 15.4. The number of hydrogen-bond donors (Lipinski definition) is 4. The third-order valence-corrected chi connectivity index (χ3v) is 4.70. The Morgan fingerprint density at radius 3 is 2.96 bits per heavy atom. The van der Waals surface area contributed by atoms with Crippen molar-refractivity contribution in [2.75, 3.05) is 11.9 Å². The number of aliphatic hydroxyl groups excluding tert-OH is 2. The summed E-state index contributed by atoms with van der Waals surface area (Å²) < 4.78 is 7.37. The van der Waals surface area contributed by atoms with Gasteiger partial charge in [-0.1, -0.05) is 26.2 Å². The number of halogens is 1. The lowest BCUT2D eigenvalue weighted by molar-refractivity contribution is -0.0432. The van der Waals surface area contributed by atoms with Gasteiger partial charge in [0.2, 0.25) is 5.28 Å².